The number of anilines is 1. The van der Waals surface area contributed by atoms with E-state index in [0.717, 1.165) is 0 Å². The van der Waals surface area contributed by atoms with Crippen LogP contribution < -0.4 is 5.32 Å². The van der Waals surface area contributed by atoms with Crippen LogP contribution >= 0.6 is 23.2 Å². The smallest absolute Gasteiger partial charge is 0.239 e. The Morgan fingerprint density at radius 2 is 2.23 bits per heavy atom. The molecule has 1 aromatic rings. The normalized spacial score (nSPS) is 9.69. The molecule has 70 valence electrons. The molecular formula is C8H7Cl2NO2. The number of hydrogen-bond acceptors (Lipinski definition) is 2. The Morgan fingerprint density at radius 1 is 1.54 bits per heavy atom. The lowest BCUT2D eigenvalue weighted by Gasteiger charge is -2.03. The topological polar surface area (TPSA) is 49.3 Å². The number of halogens is 2. The van der Waals surface area contributed by atoms with Crippen LogP contribution in [0, 0.1) is 0 Å². The predicted octanol–water partition coefficient (Wildman–Crippen LogP) is 2.22. The van der Waals surface area contributed by atoms with Crippen molar-refractivity contribution in [2.45, 2.75) is 0 Å². The molecule has 13 heavy (non-hydrogen) atoms. The molecule has 1 aromatic carbocycles. The fourth-order valence-electron chi connectivity index (χ4n) is 0.779. The van der Waals surface area contributed by atoms with Crippen molar-refractivity contribution in [2.75, 3.05) is 11.2 Å². The maximum atomic E-state index is 10.8. The van der Waals surface area contributed by atoms with E-state index in [0.29, 0.717) is 5.69 Å². The fourth-order valence-corrected chi connectivity index (χ4v) is 1.03. The van der Waals surface area contributed by atoms with Gasteiger partial charge in [0.1, 0.15) is 11.6 Å². The molecule has 2 N–H and O–H groups in total. The first-order valence-corrected chi connectivity index (χ1v) is 4.39. The van der Waals surface area contributed by atoms with Crippen LogP contribution in [0.1, 0.15) is 0 Å². The summed E-state index contributed by atoms with van der Waals surface area (Å²) >= 11 is 10.9. The van der Waals surface area contributed by atoms with E-state index in [2.05, 4.69) is 5.32 Å². The van der Waals surface area contributed by atoms with E-state index in [1.165, 1.54) is 18.2 Å². The number of rotatable bonds is 2. The van der Waals surface area contributed by atoms with Crippen LogP contribution in [0.25, 0.3) is 0 Å². The van der Waals surface area contributed by atoms with Gasteiger partial charge in [0.05, 0.1) is 5.02 Å². The molecule has 0 atom stereocenters. The number of amides is 1. The summed E-state index contributed by atoms with van der Waals surface area (Å²) in [4.78, 5) is 10.8. The zero-order valence-electron chi connectivity index (χ0n) is 6.55. The van der Waals surface area contributed by atoms with Crippen molar-refractivity contribution in [3.05, 3.63) is 23.2 Å². The summed E-state index contributed by atoms with van der Waals surface area (Å²) in [5, 5.41) is 11.7. The number of phenolic OH excluding ortho intramolecular Hbond substituents is 1. The van der Waals surface area contributed by atoms with Crippen LogP contribution in [0.2, 0.25) is 5.02 Å². The molecule has 3 nitrogen and oxygen atoms in total. The lowest BCUT2D eigenvalue weighted by atomic mass is 10.3. The highest BCUT2D eigenvalue weighted by Gasteiger charge is 2.02. The number of carbonyl (C=O) groups is 1. The molecule has 5 heteroatoms. The van der Waals surface area contributed by atoms with Gasteiger partial charge >= 0.3 is 0 Å². The highest BCUT2D eigenvalue weighted by molar-refractivity contribution is 6.32. The van der Waals surface area contributed by atoms with Gasteiger partial charge in [-0.05, 0) is 18.2 Å². The average molecular weight is 220 g/mol. The van der Waals surface area contributed by atoms with Crippen molar-refractivity contribution in [3.8, 4) is 5.75 Å². The minimum absolute atomic E-state index is 0.0226. The average Bonchev–Trinajstić information content (AvgIpc) is 2.11. The van der Waals surface area contributed by atoms with Crippen molar-refractivity contribution in [3.63, 3.8) is 0 Å². The molecule has 0 fully saturated rings. The van der Waals surface area contributed by atoms with Gasteiger partial charge in [-0.1, -0.05) is 11.6 Å². The van der Waals surface area contributed by atoms with Crippen molar-refractivity contribution in [1.82, 2.24) is 0 Å². The second kappa shape index (κ2) is 4.35. The summed E-state index contributed by atoms with van der Waals surface area (Å²) in [5.41, 5.74) is 0.508. The van der Waals surface area contributed by atoms with Crippen LogP contribution in [-0.2, 0) is 4.79 Å². The minimum Gasteiger partial charge on any atom is -0.506 e. The third kappa shape index (κ3) is 2.79. The first kappa shape index (κ1) is 10.2. The van der Waals surface area contributed by atoms with Gasteiger partial charge in [-0.25, -0.2) is 0 Å². The third-order valence-corrected chi connectivity index (χ3v) is 1.90. The van der Waals surface area contributed by atoms with Crippen LogP contribution in [0.3, 0.4) is 0 Å². The van der Waals surface area contributed by atoms with Crippen LogP contribution in [0.4, 0.5) is 5.69 Å². The van der Waals surface area contributed by atoms with E-state index in [-0.39, 0.29) is 22.6 Å². The molecule has 0 heterocycles. The van der Waals surface area contributed by atoms with Crippen LogP contribution in [0.5, 0.6) is 5.75 Å². The summed E-state index contributed by atoms with van der Waals surface area (Å²) in [7, 11) is 0. The Hall–Kier alpha value is -0.930. The Bertz CT molecular complexity index is 328. The maximum absolute atomic E-state index is 10.8. The molecule has 0 aliphatic heterocycles. The molecule has 0 saturated heterocycles. The Balaban J connectivity index is 2.79. The number of hydrogen-bond donors (Lipinski definition) is 2. The van der Waals surface area contributed by atoms with Crippen LogP contribution in [0.15, 0.2) is 18.2 Å². The zero-order valence-corrected chi connectivity index (χ0v) is 8.06. The molecule has 1 amide bonds. The molecule has 0 saturated carbocycles. The third-order valence-electron chi connectivity index (χ3n) is 1.35. The first-order valence-electron chi connectivity index (χ1n) is 3.48. The monoisotopic (exact) mass is 219 g/mol. The number of nitrogens with one attached hydrogen (secondary N) is 1. The van der Waals surface area contributed by atoms with E-state index in [4.69, 9.17) is 28.3 Å². The maximum Gasteiger partial charge on any atom is 0.239 e. The Kier molecular flexibility index (Phi) is 3.39. The molecule has 0 unspecified atom stereocenters. The minimum atomic E-state index is -0.316. The second-order valence-corrected chi connectivity index (χ2v) is 3.02. The lowest BCUT2D eigenvalue weighted by molar-refractivity contribution is -0.113. The van der Waals surface area contributed by atoms with E-state index in [9.17, 15) is 4.79 Å². The van der Waals surface area contributed by atoms with E-state index >= 15 is 0 Å². The fraction of sp³-hybridized carbons (Fsp3) is 0.125. The van der Waals surface area contributed by atoms with Gasteiger partial charge in [0.25, 0.3) is 0 Å². The number of benzene rings is 1. The largest absolute Gasteiger partial charge is 0.506 e. The number of carbonyl (C=O) groups excluding carboxylic acids is 1. The molecule has 0 aliphatic rings. The number of phenols is 1. The highest BCUT2D eigenvalue weighted by Crippen LogP contribution is 2.25. The van der Waals surface area contributed by atoms with Gasteiger partial charge in [0.15, 0.2) is 0 Å². The van der Waals surface area contributed by atoms with Gasteiger partial charge in [-0.2, -0.15) is 0 Å². The van der Waals surface area contributed by atoms with Crippen molar-refractivity contribution in [2.24, 2.45) is 0 Å². The van der Waals surface area contributed by atoms with Crippen molar-refractivity contribution in [1.29, 1.82) is 0 Å². The summed E-state index contributed by atoms with van der Waals surface area (Å²) in [6.07, 6.45) is 0. The van der Waals surface area contributed by atoms with E-state index in [1.54, 1.807) is 0 Å². The summed E-state index contributed by atoms with van der Waals surface area (Å²) < 4.78 is 0. The molecule has 0 aliphatic carbocycles. The highest BCUT2D eigenvalue weighted by atomic mass is 35.5. The Morgan fingerprint density at radius 3 is 2.77 bits per heavy atom. The summed E-state index contributed by atoms with van der Waals surface area (Å²) in [6.45, 7) is 0. The lowest BCUT2D eigenvalue weighted by Crippen LogP contribution is -2.12. The molecule has 1 rings (SSSR count). The van der Waals surface area contributed by atoms with Crippen molar-refractivity contribution >= 4 is 34.8 Å². The number of aromatic hydroxyl groups is 1. The van der Waals surface area contributed by atoms with Gasteiger partial charge < -0.3 is 10.4 Å². The van der Waals surface area contributed by atoms with Crippen LogP contribution in [-0.4, -0.2) is 16.9 Å². The van der Waals surface area contributed by atoms with E-state index in [1.807, 2.05) is 0 Å². The van der Waals surface area contributed by atoms with Gasteiger partial charge in [0, 0.05) is 5.69 Å². The molecule has 0 spiro atoms. The van der Waals surface area contributed by atoms with Crippen molar-refractivity contribution < 1.29 is 9.90 Å². The molecule has 0 bridgehead atoms. The van der Waals surface area contributed by atoms with Gasteiger partial charge in [-0.3, -0.25) is 4.79 Å². The molecule has 0 radical (unpaired) electrons. The van der Waals surface area contributed by atoms with Gasteiger partial charge in [0.2, 0.25) is 5.91 Å². The second-order valence-electron chi connectivity index (χ2n) is 2.35. The quantitative estimate of drug-likeness (QED) is 0.593. The number of alkyl halides is 1. The summed E-state index contributed by atoms with van der Waals surface area (Å²) in [5.74, 6) is -0.452. The SMILES string of the molecule is O=C(CCl)Nc1ccc(O)c(Cl)c1. The first-order chi connectivity index (χ1) is 6.13. The molecule has 0 aromatic heterocycles. The zero-order chi connectivity index (χ0) is 9.84. The van der Waals surface area contributed by atoms with Gasteiger partial charge in [-0.15, -0.1) is 11.6 Å². The summed E-state index contributed by atoms with van der Waals surface area (Å²) in [6, 6.07) is 4.37. The van der Waals surface area contributed by atoms with E-state index < -0.39 is 0 Å². The predicted molar refractivity (Wildman–Crippen MR) is 52.5 cm³/mol. The standard InChI is InChI=1S/C8H7Cl2NO2/c9-4-8(13)11-5-1-2-7(12)6(10)3-5/h1-3,12H,4H2,(H,11,13). The Labute approximate surface area is 85.3 Å². The molecular weight excluding hydrogens is 213 g/mol.